The van der Waals surface area contributed by atoms with Crippen LogP contribution in [0.15, 0.2) is 24.3 Å². The van der Waals surface area contributed by atoms with Gasteiger partial charge in [0.1, 0.15) is 5.75 Å². The van der Waals surface area contributed by atoms with E-state index in [0.29, 0.717) is 6.04 Å². The first-order valence-electron chi connectivity index (χ1n) is 7.02. The van der Waals surface area contributed by atoms with E-state index in [2.05, 4.69) is 38.2 Å². The van der Waals surface area contributed by atoms with E-state index in [1.807, 2.05) is 19.2 Å². The van der Waals surface area contributed by atoms with Crippen LogP contribution in [0.3, 0.4) is 0 Å². The van der Waals surface area contributed by atoms with Gasteiger partial charge in [0.15, 0.2) is 0 Å². The van der Waals surface area contributed by atoms with E-state index in [-0.39, 0.29) is 0 Å². The maximum Gasteiger partial charge on any atom is 0.119 e. The van der Waals surface area contributed by atoms with Crippen molar-refractivity contribution in [3.8, 4) is 5.75 Å². The number of aryl methyl sites for hydroxylation is 1. The lowest BCUT2D eigenvalue weighted by Gasteiger charge is -2.19. The van der Waals surface area contributed by atoms with Gasteiger partial charge < -0.3 is 10.1 Å². The van der Waals surface area contributed by atoms with Gasteiger partial charge in [0.25, 0.3) is 0 Å². The minimum absolute atomic E-state index is 0.560. The minimum Gasteiger partial charge on any atom is -0.494 e. The van der Waals surface area contributed by atoms with E-state index in [1.165, 1.54) is 18.4 Å². The molecule has 0 aliphatic rings. The minimum atomic E-state index is 0.560. The van der Waals surface area contributed by atoms with Crippen molar-refractivity contribution in [2.45, 2.75) is 46.1 Å². The maximum absolute atomic E-state index is 5.79. The molecule has 0 saturated carbocycles. The molecule has 1 aromatic rings. The Balaban J connectivity index is 2.31. The Kier molecular flexibility index (Phi) is 6.81. The van der Waals surface area contributed by atoms with Gasteiger partial charge in [0, 0.05) is 6.04 Å². The maximum atomic E-state index is 5.79. The fourth-order valence-corrected chi connectivity index (χ4v) is 2.06. The quantitative estimate of drug-likeness (QED) is 0.757. The highest BCUT2D eigenvalue weighted by Crippen LogP contribution is 2.15. The molecule has 0 heterocycles. The molecule has 102 valence electrons. The van der Waals surface area contributed by atoms with Crippen molar-refractivity contribution in [2.24, 2.45) is 5.92 Å². The fraction of sp³-hybridized carbons (Fsp3) is 0.625. The first-order chi connectivity index (χ1) is 8.65. The van der Waals surface area contributed by atoms with Gasteiger partial charge in [-0.1, -0.05) is 32.4 Å². The average molecular weight is 249 g/mol. The molecular formula is C16H27NO. The molecule has 2 nitrogen and oxygen atoms in total. The second-order valence-corrected chi connectivity index (χ2v) is 5.19. The van der Waals surface area contributed by atoms with Crippen LogP contribution in [-0.4, -0.2) is 19.7 Å². The number of rotatable bonds is 8. The Labute approximate surface area is 112 Å². The molecule has 0 saturated heterocycles. The number of nitrogens with one attached hydrogen (secondary N) is 1. The third kappa shape index (κ3) is 5.54. The third-order valence-electron chi connectivity index (χ3n) is 3.52. The molecule has 2 atom stereocenters. The molecule has 0 aromatic heterocycles. The number of hydrogen-bond donors (Lipinski definition) is 1. The van der Waals surface area contributed by atoms with E-state index in [0.717, 1.165) is 24.7 Å². The molecule has 0 aliphatic heterocycles. The second-order valence-electron chi connectivity index (χ2n) is 5.19. The molecule has 2 heteroatoms. The zero-order valence-corrected chi connectivity index (χ0v) is 12.2. The van der Waals surface area contributed by atoms with Crippen LogP contribution in [0, 0.1) is 12.8 Å². The van der Waals surface area contributed by atoms with Gasteiger partial charge in [-0.05, 0) is 50.4 Å². The number of hydrogen-bond acceptors (Lipinski definition) is 2. The summed E-state index contributed by atoms with van der Waals surface area (Å²) in [6.07, 6.45) is 3.54. The van der Waals surface area contributed by atoms with Crippen LogP contribution in [0.25, 0.3) is 0 Å². The summed E-state index contributed by atoms with van der Waals surface area (Å²) in [4.78, 5) is 0. The predicted octanol–water partition coefficient (Wildman–Crippen LogP) is 3.79. The zero-order chi connectivity index (χ0) is 13.4. The SMILES string of the molecule is CCC(C)CC(CCOc1cccc(C)c1)NC. The molecule has 0 radical (unpaired) electrons. The summed E-state index contributed by atoms with van der Waals surface area (Å²) in [6.45, 7) is 7.43. The van der Waals surface area contributed by atoms with Crippen molar-refractivity contribution in [3.05, 3.63) is 29.8 Å². The van der Waals surface area contributed by atoms with Crippen molar-refractivity contribution in [1.82, 2.24) is 5.32 Å². The first-order valence-corrected chi connectivity index (χ1v) is 7.02. The van der Waals surface area contributed by atoms with Crippen LogP contribution >= 0.6 is 0 Å². The summed E-state index contributed by atoms with van der Waals surface area (Å²) < 4.78 is 5.79. The molecule has 0 aliphatic carbocycles. The standard InChI is InChI=1S/C16H27NO/c1-5-13(2)11-15(17-4)9-10-18-16-8-6-7-14(3)12-16/h6-8,12-13,15,17H,5,9-11H2,1-4H3. The van der Waals surface area contributed by atoms with Crippen LogP contribution in [0.4, 0.5) is 0 Å². The van der Waals surface area contributed by atoms with E-state index >= 15 is 0 Å². The number of ether oxygens (including phenoxy) is 1. The van der Waals surface area contributed by atoms with E-state index < -0.39 is 0 Å². The van der Waals surface area contributed by atoms with Crippen LogP contribution in [-0.2, 0) is 0 Å². The average Bonchev–Trinajstić information content (AvgIpc) is 2.37. The van der Waals surface area contributed by atoms with Crippen molar-refractivity contribution in [3.63, 3.8) is 0 Å². The summed E-state index contributed by atoms with van der Waals surface area (Å²) in [5.74, 6) is 1.76. The van der Waals surface area contributed by atoms with Crippen LogP contribution < -0.4 is 10.1 Å². The molecule has 1 N–H and O–H groups in total. The highest BCUT2D eigenvalue weighted by atomic mass is 16.5. The Hall–Kier alpha value is -1.02. The topological polar surface area (TPSA) is 21.3 Å². The van der Waals surface area contributed by atoms with Crippen LogP contribution in [0.5, 0.6) is 5.75 Å². The zero-order valence-electron chi connectivity index (χ0n) is 12.2. The van der Waals surface area contributed by atoms with Gasteiger partial charge in [-0.25, -0.2) is 0 Å². The third-order valence-corrected chi connectivity index (χ3v) is 3.52. The summed E-state index contributed by atoms with van der Waals surface area (Å²) in [5, 5.41) is 3.38. The number of benzene rings is 1. The van der Waals surface area contributed by atoms with Gasteiger partial charge >= 0.3 is 0 Å². The van der Waals surface area contributed by atoms with Crippen LogP contribution in [0.2, 0.25) is 0 Å². The van der Waals surface area contributed by atoms with Crippen molar-refractivity contribution < 1.29 is 4.74 Å². The molecular weight excluding hydrogens is 222 g/mol. The predicted molar refractivity (Wildman–Crippen MR) is 78.2 cm³/mol. The Bertz CT molecular complexity index is 338. The summed E-state index contributed by atoms with van der Waals surface area (Å²) in [5.41, 5.74) is 1.25. The summed E-state index contributed by atoms with van der Waals surface area (Å²) in [6, 6.07) is 8.80. The van der Waals surface area contributed by atoms with Crippen molar-refractivity contribution >= 4 is 0 Å². The van der Waals surface area contributed by atoms with Crippen LogP contribution in [0.1, 0.15) is 38.7 Å². The molecule has 1 aromatic carbocycles. The normalized spacial score (nSPS) is 14.2. The molecule has 1 rings (SSSR count). The lowest BCUT2D eigenvalue weighted by atomic mass is 9.98. The molecule has 2 unspecified atom stereocenters. The van der Waals surface area contributed by atoms with Gasteiger partial charge in [0.05, 0.1) is 6.61 Å². The molecule has 18 heavy (non-hydrogen) atoms. The van der Waals surface area contributed by atoms with Crippen molar-refractivity contribution in [2.75, 3.05) is 13.7 Å². The van der Waals surface area contributed by atoms with Crippen molar-refractivity contribution in [1.29, 1.82) is 0 Å². The van der Waals surface area contributed by atoms with Gasteiger partial charge in [-0.15, -0.1) is 0 Å². The van der Waals surface area contributed by atoms with Gasteiger partial charge in [-0.2, -0.15) is 0 Å². The summed E-state index contributed by atoms with van der Waals surface area (Å²) in [7, 11) is 2.04. The molecule has 0 spiro atoms. The smallest absolute Gasteiger partial charge is 0.119 e. The second kappa shape index (κ2) is 8.15. The van der Waals surface area contributed by atoms with E-state index in [4.69, 9.17) is 4.74 Å². The van der Waals surface area contributed by atoms with E-state index in [1.54, 1.807) is 0 Å². The molecule has 0 bridgehead atoms. The lowest BCUT2D eigenvalue weighted by molar-refractivity contribution is 0.273. The largest absolute Gasteiger partial charge is 0.494 e. The Morgan fingerprint density at radius 3 is 2.72 bits per heavy atom. The van der Waals surface area contributed by atoms with Gasteiger partial charge in [-0.3, -0.25) is 0 Å². The Morgan fingerprint density at radius 1 is 1.33 bits per heavy atom. The lowest BCUT2D eigenvalue weighted by Crippen LogP contribution is -2.29. The highest BCUT2D eigenvalue weighted by molar-refractivity contribution is 5.27. The van der Waals surface area contributed by atoms with Gasteiger partial charge in [0.2, 0.25) is 0 Å². The first kappa shape index (κ1) is 15.0. The highest BCUT2D eigenvalue weighted by Gasteiger charge is 2.10. The molecule has 0 fully saturated rings. The Morgan fingerprint density at radius 2 is 2.11 bits per heavy atom. The fourth-order valence-electron chi connectivity index (χ4n) is 2.06. The summed E-state index contributed by atoms with van der Waals surface area (Å²) >= 11 is 0. The van der Waals surface area contributed by atoms with E-state index in [9.17, 15) is 0 Å². The monoisotopic (exact) mass is 249 g/mol. The molecule has 0 amide bonds.